The molecule has 136 valence electrons. The maximum atomic E-state index is 13.2. The lowest BCUT2D eigenvalue weighted by Crippen LogP contribution is -2.43. The number of nitrogens with zero attached hydrogens (tertiary/aromatic N) is 4. The van der Waals surface area contributed by atoms with E-state index in [-0.39, 0.29) is 23.3 Å². The van der Waals surface area contributed by atoms with E-state index >= 15 is 0 Å². The van der Waals surface area contributed by atoms with Crippen molar-refractivity contribution in [1.82, 2.24) is 14.9 Å². The summed E-state index contributed by atoms with van der Waals surface area (Å²) in [5.41, 5.74) is 5.15. The first-order chi connectivity index (χ1) is 12.1. The number of piperidine rings is 1. The highest BCUT2D eigenvalue weighted by Gasteiger charge is 2.50. The Morgan fingerprint density at radius 1 is 1.28 bits per heavy atom. The van der Waals surface area contributed by atoms with Crippen LogP contribution in [-0.2, 0) is 9.53 Å². The summed E-state index contributed by atoms with van der Waals surface area (Å²) in [6.45, 7) is 4.37. The van der Waals surface area contributed by atoms with Crippen molar-refractivity contribution < 1.29 is 13.9 Å². The van der Waals surface area contributed by atoms with Gasteiger partial charge in [-0.1, -0.05) is 0 Å². The molecule has 0 aromatic carbocycles. The molecule has 0 amide bonds. The van der Waals surface area contributed by atoms with Crippen molar-refractivity contribution in [2.45, 2.75) is 38.2 Å². The van der Waals surface area contributed by atoms with Crippen molar-refractivity contribution in [3.8, 4) is 0 Å². The molecule has 1 spiro atoms. The van der Waals surface area contributed by atoms with Gasteiger partial charge in [0.05, 0.1) is 11.6 Å². The maximum absolute atomic E-state index is 13.2. The van der Waals surface area contributed by atoms with E-state index in [2.05, 4.69) is 14.9 Å². The standard InChI is InChI=1S/C17H24FN5O2/c18-13-10-20-16(21-14(13)19)23-7-3-17(4-8-23)9-12(25-15(17)24)11-22-5-1-2-6-22/h10,12H,1-9,11H2,(H2,19,20,21). The number of ether oxygens (including phenoxy) is 1. The lowest BCUT2D eigenvalue weighted by atomic mass is 9.76. The van der Waals surface area contributed by atoms with E-state index < -0.39 is 5.82 Å². The first kappa shape index (κ1) is 16.5. The Hall–Kier alpha value is -1.96. The third-order valence-corrected chi connectivity index (χ3v) is 5.75. The zero-order valence-electron chi connectivity index (χ0n) is 14.3. The molecule has 3 fully saturated rings. The molecular formula is C17H24FN5O2. The molecule has 25 heavy (non-hydrogen) atoms. The van der Waals surface area contributed by atoms with Crippen LogP contribution in [0.5, 0.6) is 0 Å². The summed E-state index contributed by atoms with van der Waals surface area (Å²) in [6, 6.07) is 0. The molecule has 3 aliphatic rings. The van der Waals surface area contributed by atoms with Crippen molar-refractivity contribution in [3.05, 3.63) is 12.0 Å². The molecule has 0 bridgehead atoms. The second-order valence-electron chi connectivity index (χ2n) is 7.41. The largest absolute Gasteiger partial charge is 0.461 e. The molecule has 0 aliphatic carbocycles. The van der Waals surface area contributed by atoms with Gasteiger partial charge in [0.15, 0.2) is 11.6 Å². The highest BCUT2D eigenvalue weighted by atomic mass is 19.1. The van der Waals surface area contributed by atoms with Crippen LogP contribution in [0.25, 0.3) is 0 Å². The molecule has 0 saturated carbocycles. The summed E-state index contributed by atoms with van der Waals surface area (Å²) >= 11 is 0. The van der Waals surface area contributed by atoms with Crippen LogP contribution in [-0.4, -0.2) is 59.7 Å². The van der Waals surface area contributed by atoms with E-state index in [1.807, 2.05) is 4.90 Å². The number of carbonyl (C=O) groups excluding carboxylic acids is 1. The number of carbonyl (C=O) groups is 1. The van der Waals surface area contributed by atoms with Gasteiger partial charge in [0.1, 0.15) is 6.10 Å². The normalized spacial score (nSPS) is 26.4. The van der Waals surface area contributed by atoms with Gasteiger partial charge in [-0.2, -0.15) is 4.98 Å². The van der Waals surface area contributed by atoms with E-state index in [4.69, 9.17) is 10.5 Å². The van der Waals surface area contributed by atoms with Gasteiger partial charge in [-0.15, -0.1) is 0 Å². The number of anilines is 2. The molecule has 4 rings (SSSR count). The average Bonchev–Trinajstić information content (AvgIpc) is 3.20. The summed E-state index contributed by atoms with van der Waals surface area (Å²) in [5.74, 6) is -0.387. The fourth-order valence-electron chi connectivity index (χ4n) is 4.26. The molecule has 7 nitrogen and oxygen atoms in total. The van der Waals surface area contributed by atoms with Crippen molar-refractivity contribution >= 4 is 17.7 Å². The summed E-state index contributed by atoms with van der Waals surface area (Å²) in [5, 5.41) is 0. The van der Waals surface area contributed by atoms with Crippen LogP contribution in [0.4, 0.5) is 16.2 Å². The summed E-state index contributed by atoms with van der Waals surface area (Å²) in [4.78, 5) is 24.9. The number of nitrogens with two attached hydrogens (primary N) is 1. The summed E-state index contributed by atoms with van der Waals surface area (Å²) in [6.07, 6.45) is 5.80. The Balaban J connectivity index is 1.38. The van der Waals surface area contributed by atoms with Crippen molar-refractivity contribution in [3.63, 3.8) is 0 Å². The fourth-order valence-corrected chi connectivity index (χ4v) is 4.26. The second-order valence-corrected chi connectivity index (χ2v) is 7.41. The molecule has 8 heteroatoms. The minimum absolute atomic E-state index is 0.00913. The number of cyclic esters (lactones) is 1. The number of likely N-dealkylation sites (tertiary alicyclic amines) is 1. The molecule has 1 aromatic rings. The SMILES string of the molecule is Nc1nc(N2CCC3(CC2)CC(CN2CCCC2)OC3=O)ncc1F. The number of nitrogen functional groups attached to an aromatic ring is 1. The van der Waals surface area contributed by atoms with Gasteiger partial charge in [-0.3, -0.25) is 9.69 Å². The predicted octanol–water partition coefficient (Wildman–Crippen LogP) is 1.20. The minimum Gasteiger partial charge on any atom is -0.461 e. The second kappa shape index (κ2) is 6.40. The lowest BCUT2D eigenvalue weighted by Gasteiger charge is -2.36. The Labute approximate surface area is 146 Å². The van der Waals surface area contributed by atoms with E-state index in [9.17, 15) is 9.18 Å². The number of esters is 1. The zero-order valence-corrected chi connectivity index (χ0v) is 14.3. The van der Waals surface area contributed by atoms with Gasteiger partial charge in [-0.25, -0.2) is 9.37 Å². The molecule has 1 atom stereocenters. The van der Waals surface area contributed by atoms with Gasteiger partial charge in [0, 0.05) is 26.1 Å². The average molecular weight is 349 g/mol. The number of rotatable bonds is 3. The maximum Gasteiger partial charge on any atom is 0.312 e. The zero-order chi connectivity index (χ0) is 17.4. The van der Waals surface area contributed by atoms with Crippen molar-refractivity contribution in [1.29, 1.82) is 0 Å². The van der Waals surface area contributed by atoms with Crippen LogP contribution in [0.1, 0.15) is 32.1 Å². The number of halogens is 1. The first-order valence-electron chi connectivity index (χ1n) is 9.02. The summed E-state index contributed by atoms with van der Waals surface area (Å²) < 4.78 is 18.9. The molecule has 1 aromatic heterocycles. The molecule has 4 heterocycles. The molecule has 0 radical (unpaired) electrons. The quantitative estimate of drug-likeness (QED) is 0.821. The van der Waals surface area contributed by atoms with Crippen LogP contribution in [0.2, 0.25) is 0 Å². The minimum atomic E-state index is -0.610. The van der Waals surface area contributed by atoms with Gasteiger partial charge < -0.3 is 15.4 Å². The molecule has 1 unspecified atom stereocenters. The van der Waals surface area contributed by atoms with E-state index in [1.165, 1.54) is 12.8 Å². The molecule has 3 aliphatic heterocycles. The summed E-state index contributed by atoms with van der Waals surface area (Å²) in [7, 11) is 0. The number of aromatic nitrogens is 2. The smallest absolute Gasteiger partial charge is 0.312 e. The first-order valence-corrected chi connectivity index (χ1v) is 9.02. The Morgan fingerprint density at radius 3 is 2.68 bits per heavy atom. The Bertz CT molecular complexity index is 656. The highest BCUT2D eigenvalue weighted by molar-refractivity contribution is 5.79. The third kappa shape index (κ3) is 3.15. The van der Waals surface area contributed by atoms with E-state index in [0.29, 0.717) is 31.9 Å². The molecule has 2 N–H and O–H groups in total. The molecular weight excluding hydrogens is 325 g/mol. The predicted molar refractivity (Wildman–Crippen MR) is 90.5 cm³/mol. The van der Waals surface area contributed by atoms with Gasteiger partial charge >= 0.3 is 5.97 Å². The third-order valence-electron chi connectivity index (χ3n) is 5.75. The van der Waals surface area contributed by atoms with Crippen LogP contribution < -0.4 is 10.6 Å². The number of hydrogen-bond donors (Lipinski definition) is 1. The fraction of sp³-hybridized carbons (Fsp3) is 0.706. The van der Waals surface area contributed by atoms with Gasteiger partial charge in [0.25, 0.3) is 0 Å². The number of hydrogen-bond acceptors (Lipinski definition) is 7. The topological polar surface area (TPSA) is 84.6 Å². The lowest BCUT2D eigenvalue weighted by molar-refractivity contribution is -0.150. The molecule has 3 saturated heterocycles. The van der Waals surface area contributed by atoms with Gasteiger partial charge in [0.2, 0.25) is 5.95 Å². The van der Waals surface area contributed by atoms with Crippen LogP contribution in [0, 0.1) is 11.2 Å². The van der Waals surface area contributed by atoms with Crippen LogP contribution >= 0.6 is 0 Å². The van der Waals surface area contributed by atoms with Crippen molar-refractivity contribution in [2.24, 2.45) is 5.41 Å². The van der Waals surface area contributed by atoms with E-state index in [0.717, 1.165) is 32.3 Å². The van der Waals surface area contributed by atoms with E-state index in [1.54, 1.807) is 0 Å². The Kier molecular flexibility index (Phi) is 4.23. The van der Waals surface area contributed by atoms with Crippen LogP contribution in [0.3, 0.4) is 0 Å². The van der Waals surface area contributed by atoms with Gasteiger partial charge in [-0.05, 0) is 38.8 Å². The van der Waals surface area contributed by atoms with Crippen molar-refractivity contribution in [2.75, 3.05) is 43.4 Å². The monoisotopic (exact) mass is 349 g/mol. The van der Waals surface area contributed by atoms with Crippen LogP contribution in [0.15, 0.2) is 6.20 Å². The highest BCUT2D eigenvalue weighted by Crippen LogP contribution is 2.43. The Morgan fingerprint density at radius 2 is 2.00 bits per heavy atom.